The maximum absolute atomic E-state index is 13.5. The van der Waals surface area contributed by atoms with Gasteiger partial charge >= 0.3 is 0 Å². The summed E-state index contributed by atoms with van der Waals surface area (Å²) < 4.78 is 13.5. The maximum Gasteiger partial charge on any atom is 0.225 e. The van der Waals surface area contributed by atoms with Crippen LogP contribution in [0.5, 0.6) is 0 Å². The molecule has 4 nitrogen and oxygen atoms in total. The smallest absolute Gasteiger partial charge is 0.225 e. The second-order valence-electron chi connectivity index (χ2n) is 9.08. The van der Waals surface area contributed by atoms with E-state index in [1.54, 1.807) is 6.07 Å². The fraction of sp³-hybridized carbons (Fsp3) is 0.321. The Morgan fingerprint density at radius 1 is 0.939 bits per heavy atom. The lowest BCUT2D eigenvalue weighted by Crippen LogP contribution is -2.61. The van der Waals surface area contributed by atoms with Crippen molar-refractivity contribution in [1.29, 1.82) is 0 Å². The molecule has 3 aromatic rings. The molecule has 170 valence electrons. The lowest BCUT2D eigenvalue weighted by molar-refractivity contribution is -0.126. The Kier molecular flexibility index (Phi) is 6.40. The van der Waals surface area contributed by atoms with E-state index in [2.05, 4.69) is 69.7 Å². The van der Waals surface area contributed by atoms with Crippen molar-refractivity contribution in [3.05, 3.63) is 101 Å². The number of benzene rings is 3. The number of hydrogen-bond acceptors (Lipinski definition) is 3. The van der Waals surface area contributed by atoms with E-state index in [-0.39, 0.29) is 23.7 Å². The van der Waals surface area contributed by atoms with E-state index in [0.29, 0.717) is 6.54 Å². The van der Waals surface area contributed by atoms with Crippen molar-refractivity contribution in [2.24, 2.45) is 5.92 Å². The summed E-state index contributed by atoms with van der Waals surface area (Å²) in [7, 11) is 0. The van der Waals surface area contributed by atoms with Crippen LogP contribution in [0.25, 0.3) is 0 Å². The van der Waals surface area contributed by atoms with Gasteiger partial charge in [-0.2, -0.15) is 0 Å². The Morgan fingerprint density at radius 2 is 1.73 bits per heavy atom. The van der Waals surface area contributed by atoms with Crippen LogP contribution in [0.1, 0.15) is 16.7 Å². The van der Waals surface area contributed by atoms with Crippen LogP contribution in [0.4, 0.5) is 10.1 Å². The van der Waals surface area contributed by atoms with Crippen molar-refractivity contribution in [3.8, 4) is 0 Å². The first kappa shape index (κ1) is 21.7. The number of fused-ring (bicyclic) bond motifs is 3. The zero-order valence-corrected chi connectivity index (χ0v) is 18.8. The summed E-state index contributed by atoms with van der Waals surface area (Å²) in [4.78, 5) is 18.3. The number of nitrogens with one attached hydrogen (secondary N) is 1. The Balaban J connectivity index is 1.30. The molecule has 0 bridgehead atoms. The summed E-state index contributed by atoms with van der Waals surface area (Å²) in [5, 5.41) is 3.08. The van der Waals surface area contributed by atoms with Gasteiger partial charge in [-0.3, -0.25) is 9.69 Å². The van der Waals surface area contributed by atoms with E-state index in [1.165, 1.54) is 28.9 Å². The first-order valence-corrected chi connectivity index (χ1v) is 11.8. The normalized spacial score (nSPS) is 20.1. The molecule has 1 fully saturated rings. The number of carbonyl (C=O) groups is 1. The zero-order valence-electron chi connectivity index (χ0n) is 18.8. The van der Waals surface area contributed by atoms with Crippen molar-refractivity contribution in [3.63, 3.8) is 0 Å². The average molecular weight is 444 g/mol. The van der Waals surface area contributed by atoms with Crippen LogP contribution in [0, 0.1) is 11.7 Å². The minimum absolute atomic E-state index is 0.0497. The molecular weight excluding hydrogens is 413 g/mol. The quantitative estimate of drug-likeness (QED) is 0.625. The van der Waals surface area contributed by atoms with E-state index in [9.17, 15) is 9.18 Å². The third-order valence-corrected chi connectivity index (χ3v) is 6.96. The fourth-order valence-corrected chi connectivity index (χ4v) is 5.22. The first-order valence-electron chi connectivity index (χ1n) is 11.8. The van der Waals surface area contributed by atoms with Gasteiger partial charge in [0, 0.05) is 38.4 Å². The predicted molar refractivity (Wildman–Crippen MR) is 130 cm³/mol. The molecule has 2 atom stereocenters. The van der Waals surface area contributed by atoms with Gasteiger partial charge in [0.2, 0.25) is 5.91 Å². The van der Waals surface area contributed by atoms with Gasteiger partial charge in [-0.15, -0.1) is 0 Å². The molecule has 0 aliphatic carbocycles. The summed E-state index contributed by atoms with van der Waals surface area (Å²) >= 11 is 0. The SMILES string of the molecule is O=C(NCc1cccc(F)c1)[C@@H]1Cc2ccccc2N2CCN(CCc3ccccc3)C[C@@H]12. The highest BCUT2D eigenvalue weighted by Gasteiger charge is 2.41. The second-order valence-corrected chi connectivity index (χ2v) is 9.08. The Bertz CT molecular complexity index is 1100. The zero-order chi connectivity index (χ0) is 22.6. The standard InChI is InChI=1S/C28H30FN3O/c29-24-11-6-9-22(17-24)19-30-28(33)25-18-23-10-4-5-12-26(23)32-16-15-31(20-27(25)32)14-13-21-7-2-1-3-8-21/h1-12,17,25,27H,13-16,18-20H2,(H,30,33)/t25-,27+/m1/s1. The van der Waals surface area contributed by atoms with Gasteiger partial charge in [-0.1, -0.05) is 60.7 Å². The summed E-state index contributed by atoms with van der Waals surface area (Å²) in [5.41, 5.74) is 4.62. The van der Waals surface area contributed by atoms with Gasteiger partial charge in [0.25, 0.3) is 0 Å². The van der Waals surface area contributed by atoms with Crippen molar-refractivity contribution in [2.75, 3.05) is 31.1 Å². The van der Waals surface area contributed by atoms with Crippen LogP contribution >= 0.6 is 0 Å². The minimum atomic E-state index is -0.277. The van der Waals surface area contributed by atoms with Gasteiger partial charge < -0.3 is 10.2 Å². The molecule has 0 saturated carbocycles. The molecule has 2 aliphatic rings. The molecule has 5 heteroatoms. The van der Waals surface area contributed by atoms with Crippen molar-refractivity contribution in [2.45, 2.75) is 25.4 Å². The van der Waals surface area contributed by atoms with Crippen LogP contribution in [0.2, 0.25) is 0 Å². The van der Waals surface area contributed by atoms with Gasteiger partial charge in [0.05, 0.1) is 12.0 Å². The summed E-state index contributed by atoms with van der Waals surface area (Å²) in [5.74, 6) is -0.359. The van der Waals surface area contributed by atoms with E-state index < -0.39 is 0 Å². The molecule has 1 amide bonds. The summed E-state index contributed by atoms with van der Waals surface area (Å²) in [6.45, 7) is 4.13. The second kappa shape index (κ2) is 9.75. The van der Waals surface area contributed by atoms with E-state index in [4.69, 9.17) is 0 Å². The Hall–Kier alpha value is -3.18. The number of para-hydroxylation sites is 1. The lowest BCUT2D eigenvalue weighted by atomic mass is 9.83. The highest BCUT2D eigenvalue weighted by Crippen LogP contribution is 2.36. The van der Waals surface area contributed by atoms with Gasteiger partial charge in [0.1, 0.15) is 5.82 Å². The highest BCUT2D eigenvalue weighted by molar-refractivity contribution is 5.82. The third-order valence-electron chi connectivity index (χ3n) is 6.96. The lowest BCUT2D eigenvalue weighted by Gasteiger charge is -2.49. The van der Waals surface area contributed by atoms with Gasteiger partial charge in [-0.25, -0.2) is 4.39 Å². The minimum Gasteiger partial charge on any atom is -0.365 e. The molecule has 0 unspecified atom stereocenters. The Labute approximate surface area is 195 Å². The summed E-state index contributed by atoms with van der Waals surface area (Å²) in [6.07, 6.45) is 1.75. The van der Waals surface area contributed by atoms with Gasteiger partial charge in [-0.05, 0) is 47.7 Å². The molecule has 1 N–H and O–H groups in total. The molecule has 5 rings (SSSR count). The maximum atomic E-state index is 13.5. The number of piperazine rings is 1. The number of amides is 1. The number of halogens is 1. The van der Waals surface area contributed by atoms with E-state index in [0.717, 1.165) is 44.6 Å². The van der Waals surface area contributed by atoms with Crippen LogP contribution < -0.4 is 10.2 Å². The molecule has 2 heterocycles. The van der Waals surface area contributed by atoms with Crippen molar-refractivity contribution >= 4 is 11.6 Å². The molecule has 0 spiro atoms. The van der Waals surface area contributed by atoms with Crippen LogP contribution in [0.15, 0.2) is 78.9 Å². The van der Waals surface area contributed by atoms with Crippen molar-refractivity contribution < 1.29 is 9.18 Å². The Morgan fingerprint density at radius 3 is 2.58 bits per heavy atom. The average Bonchev–Trinajstić information content (AvgIpc) is 2.86. The molecule has 1 saturated heterocycles. The molecule has 0 radical (unpaired) electrons. The molecule has 0 aromatic heterocycles. The number of rotatable bonds is 6. The first-order chi connectivity index (χ1) is 16.2. The topological polar surface area (TPSA) is 35.6 Å². The van der Waals surface area contributed by atoms with Crippen molar-refractivity contribution in [1.82, 2.24) is 10.2 Å². The van der Waals surface area contributed by atoms with E-state index >= 15 is 0 Å². The number of anilines is 1. The number of hydrogen-bond donors (Lipinski definition) is 1. The predicted octanol–water partition coefficient (Wildman–Crippen LogP) is 4.05. The van der Waals surface area contributed by atoms with Crippen LogP contribution in [-0.4, -0.2) is 43.0 Å². The largest absolute Gasteiger partial charge is 0.365 e. The molecule has 3 aromatic carbocycles. The molecule has 2 aliphatic heterocycles. The number of nitrogens with zero attached hydrogens (tertiary/aromatic N) is 2. The highest BCUT2D eigenvalue weighted by atomic mass is 19.1. The fourth-order valence-electron chi connectivity index (χ4n) is 5.22. The summed E-state index contributed by atoms with van der Waals surface area (Å²) in [6, 6.07) is 25.6. The van der Waals surface area contributed by atoms with Gasteiger partial charge in [0.15, 0.2) is 0 Å². The number of carbonyl (C=O) groups excluding carboxylic acids is 1. The van der Waals surface area contributed by atoms with Crippen LogP contribution in [0.3, 0.4) is 0 Å². The van der Waals surface area contributed by atoms with Crippen LogP contribution in [-0.2, 0) is 24.2 Å². The molecule has 33 heavy (non-hydrogen) atoms. The molecular formula is C28H30FN3O. The third kappa shape index (κ3) is 4.93. The van der Waals surface area contributed by atoms with E-state index in [1.807, 2.05) is 6.07 Å². The monoisotopic (exact) mass is 443 g/mol.